The van der Waals surface area contributed by atoms with Gasteiger partial charge in [0.15, 0.2) is 0 Å². The molecular weight excluding hydrogens is 395 g/mol. The van der Waals surface area contributed by atoms with Crippen molar-refractivity contribution in [3.8, 4) is 0 Å². The fourth-order valence-corrected chi connectivity index (χ4v) is 3.90. The maximum absolute atomic E-state index is 13.0. The Bertz CT molecular complexity index is 884. The highest BCUT2D eigenvalue weighted by atomic mass is 35.5. The summed E-state index contributed by atoms with van der Waals surface area (Å²) >= 11 is 12.0. The molecule has 1 amide bonds. The van der Waals surface area contributed by atoms with Crippen molar-refractivity contribution in [3.05, 3.63) is 76.8 Å². The van der Waals surface area contributed by atoms with Gasteiger partial charge in [0, 0.05) is 23.1 Å². The zero-order chi connectivity index (χ0) is 19.2. The fraction of sp³-hybridized carbons (Fsp3) is 0.167. The lowest BCUT2D eigenvalue weighted by molar-refractivity contribution is -0.121. The molecule has 26 heavy (non-hydrogen) atoms. The number of nitrogens with zero attached hydrogens (tertiary/aromatic N) is 1. The van der Waals surface area contributed by atoms with E-state index in [-0.39, 0.29) is 24.5 Å². The second-order valence-corrected chi connectivity index (χ2v) is 8.19. The van der Waals surface area contributed by atoms with Gasteiger partial charge in [0.25, 0.3) is 0 Å². The molecule has 0 heterocycles. The molecule has 0 aliphatic heterocycles. The van der Waals surface area contributed by atoms with Gasteiger partial charge in [0.05, 0.1) is 11.4 Å². The first-order chi connectivity index (χ1) is 12.3. The predicted molar refractivity (Wildman–Crippen MR) is 104 cm³/mol. The SMILES string of the molecule is C=CCNC(=O)CN(Cc1ccccc1Cl)S(=O)(=O)c1ccc(Cl)cc1. The number of carbonyl (C=O) groups excluding carboxylic acids is 1. The summed E-state index contributed by atoms with van der Waals surface area (Å²) in [5, 5.41) is 3.43. The number of carbonyl (C=O) groups is 1. The van der Waals surface area contributed by atoms with E-state index in [1.54, 1.807) is 24.3 Å². The van der Waals surface area contributed by atoms with Crippen LogP contribution in [0, 0.1) is 0 Å². The molecule has 0 bridgehead atoms. The van der Waals surface area contributed by atoms with Gasteiger partial charge < -0.3 is 5.32 Å². The Morgan fingerprint density at radius 1 is 1.12 bits per heavy atom. The highest BCUT2D eigenvalue weighted by molar-refractivity contribution is 7.89. The molecule has 2 rings (SSSR count). The van der Waals surface area contributed by atoms with Gasteiger partial charge in [-0.1, -0.05) is 47.5 Å². The lowest BCUT2D eigenvalue weighted by Gasteiger charge is -2.22. The molecule has 2 aromatic carbocycles. The number of hydrogen-bond acceptors (Lipinski definition) is 3. The summed E-state index contributed by atoms with van der Waals surface area (Å²) in [5.74, 6) is -0.436. The van der Waals surface area contributed by atoms with Gasteiger partial charge in [0.1, 0.15) is 0 Å². The average Bonchev–Trinajstić information content (AvgIpc) is 2.61. The van der Waals surface area contributed by atoms with Crippen molar-refractivity contribution in [1.29, 1.82) is 0 Å². The van der Waals surface area contributed by atoms with E-state index in [1.165, 1.54) is 30.3 Å². The van der Waals surface area contributed by atoms with Crippen LogP contribution >= 0.6 is 23.2 Å². The molecular formula is C18H18Cl2N2O3S. The first-order valence-corrected chi connectivity index (χ1v) is 9.91. The summed E-state index contributed by atoms with van der Waals surface area (Å²) in [6.45, 7) is 3.39. The van der Waals surface area contributed by atoms with Gasteiger partial charge in [0.2, 0.25) is 15.9 Å². The third-order valence-corrected chi connectivity index (χ3v) is 5.95. The normalized spacial score (nSPS) is 11.3. The van der Waals surface area contributed by atoms with E-state index in [2.05, 4.69) is 11.9 Å². The highest BCUT2D eigenvalue weighted by Gasteiger charge is 2.27. The Kier molecular flexibility index (Phi) is 7.23. The minimum Gasteiger partial charge on any atom is -0.351 e. The number of halogens is 2. The third kappa shape index (κ3) is 5.32. The largest absolute Gasteiger partial charge is 0.351 e. The standard InChI is InChI=1S/C18H18Cl2N2O3S/c1-2-11-21-18(23)13-22(12-14-5-3-4-6-17(14)20)26(24,25)16-9-7-15(19)8-10-16/h2-10H,1,11-13H2,(H,21,23). The molecule has 5 nitrogen and oxygen atoms in total. The van der Waals surface area contributed by atoms with Crippen molar-refractivity contribution in [2.24, 2.45) is 0 Å². The quantitative estimate of drug-likeness (QED) is 0.674. The lowest BCUT2D eigenvalue weighted by atomic mass is 10.2. The van der Waals surface area contributed by atoms with Crippen LogP contribution in [-0.2, 0) is 21.4 Å². The molecule has 0 saturated heterocycles. The summed E-state index contributed by atoms with van der Waals surface area (Å²) < 4.78 is 27.1. The summed E-state index contributed by atoms with van der Waals surface area (Å²) in [7, 11) is -3.92. The Hall–Kier alpha value is -1.86. The van der Waals surface area contributed by atoms with Crippen molar-refractivity contribution in [1.82, 2.24) is 9.62 Å². The number of hydrogen-bond donors (Lipinski definition) is 1. The van der Waals surface area contributed by atoms with Crippen LogP contribution in [0.1, 0.15) is 5.56 Å². The summed E-state index contributed by atoms with van der Waals surface area (Å²) in [6, 6.07) is 12.7. The molecule has 0 atom stereocenters. The van der Waals surface area contributed by atoms with Gasteiger partial charge in [-0.2, -0.15) is 4.31 Å². The molecule has 138 valence electrons. The van der Waals surface area contributed by atoms with Crippen LogP contribution in [0.4, 0.5) is 0 Å². The number of amides is 1. The lowest BCUT2D eigenvalue weighted by Crippen LogP contribution is -2.40. The Balaban J connectivity index is 2.35. The Labute approximate surface area is 163 Å². The molecule has 0 saturated carbocycles. The van der Waals surface area contributed by atoms with E-state index < -0.39 is 15.9 Å². The first-order valence-electron chi connectivity index (χ1n) is 7.71. The Morgan fingerprint density at radius 2 is 1.77 bits per heavy atom. The monoisotopic (exact) mass is 412 g/mol. The van der Waals surface area contributed by atoms with Gasteiger partial charge in [-0.05, 0) is 35.9 Å². The zero-order valence-electron chi connectivity index (χ0n) is 13.9. The molecule has 0 aliphatic rings. The van der Waals surface area contributed by atoms with Crippen LogP contribution in [0.15, 0.2) is 66.1 Å². The molecule has 2 aromatic rings. The van der Waals surface area contributed by atoms with Gasteiger partial charge in [-0.15, -0.1) is 6.58 Å². The smallest absolute Gasteiger partial charge is 0.243 e. The van der Waals surface area contributed by atoms with Crippen LogP contribution in [0.5, 0.6) is 0 Å². The van der Waals surface area contributed by atoms with Crippen molar-refractivity contribution < 1.29 is 13.2 Å². The van der Waals surface area contributed by atoms with E-state index in [0.29, 0.717) is 15.6 Å². The first kappa shape index (κ1) is 20.5. The van der Waals surface area contributed by atoms with Crippen molar-refractivity contribution >= 4 is 39.1 Å². The maximum atomic E-state index is 13.0. The molecule has 0 fully saturated rings. The second-order valence-electron chi connectivity index (χ2n) is 5.41. The number of nitrogens with one attached hydrogen (secondary N) is 1. The molecule has 0 aromatic heterocycles. The molecule has 8 heteroatoms. The minimum absolute atomic E-state index is 0.0356. The van der Waals surface area contributed by atoms with Crippen LogP contribution < -0.4 is 5.32 Å². The van der Waals surface area contributed by atoms with Crippen molar-refractivity contribution in [2.45, 2.75) is 11.4 Å². The van der Waals surface area contributed by atoms with E-state index in [1.807, 2.05) is 0 Å². The number of rotatable bonds is 8. The van der Waals surface area contributed by atoms with E-state index >= 15 is 0 Å². The molecule has 0 aliphatic carbocycles. The van der Waals surface area contributed by atoms with E-state index in [0.717, 1.165) is 4.31 Å². The van der Waals surface area contributed by atoms with Crippen LogP contribution in [0.2, 0.25) is 10.0 Å². The Morgan fingerprint density at radius 3 is 2.38 bits per heavy atom. The van der Waals surface area contributed by atoms with Gasteiger partial charge in [-0.25, -0.2) is 8.42 Å². The number of benzene rings is 2. The van der Waals surface area contributed by atoms with Crippen LogP contribution in [0.3, 0.4) is 0 Å². The summed E-state index contributed by atoms with van der Waals surface area (Å²) in [4.78, 5) is 12.1. The third-order valence-electron chi connectivity index (χ3n) is 3.52. The second kappa shape index (κ2) is 9.19. The molecule has 0 radical (unpaired) electrons. The molecule has 0 spiro atoms. The van der Waals surface area contributed by atoms with Crippen molar-refractivity contribution in [3.63, 3.8) is 0 Å². The van der Waals surface area contributed by atoms with E-state index in [9.17, 15) is 13.2 Å². The maximum Gasteiger partial charge on any atom is 0.243 e. The topological polar surface area (TPSA) is 66.5 Å². The summed E-state index contributed by atoms with van der Waals surface area (Å²) in [5.41, 5.74) is 0.600. The van der Waals surface area contributed by atoms with Gasteiger partial charge >= 0.3 is 0 Å². The number of sulfonamides is 1. The van der Waals surface area contributed by atoms with Crippen LogP contribution in [0.25, 0.3) is 0 Å². The minimum atomic E-state index is -3.92. The highest BCUT2D eigenvalue weighted by Crippen LogP contribution is 2.23. The predicted octanol–water partition coefficient (Wildman–Crippen LogP) is 3.49. The molecule has 1 N–H and O–H groups in total. The van der Waals surface area contributed by atoms with Crippen molar-refractivity contribution in [2.75, 3.05) is 13.1 Å². The fourth-order valence-electron chi connectivity index (χ4n) is 2.20. The average molecular weight is 413 g/mol. The molecule has 0 unspecified atom stereocenters. The van der Waals surface area contributed by atoms with Gasteiger partial charge in [-0.3, -0.25) is 4.79 Å². The van der Waals surface area contributed by atoms with Crippen LogP contribution in [-0.4, -0.2) is 31.7 Å². The zero-order valence-corrected chi connectivity index (χ0v) is 16.2. The summed E-state index contributed by atoms with van der Waals surface area (Å²) in [6.07, 6.45) is 1.52. The van der Waals surface area contributed by atoms with E-state index in [4.69, 9.17) is 23.2 Å².